The maximum Gasteiger partial charge on any atom is 0.254 e. The molecular formula is C27H38ClN3O4SSi. The minimum Gasteiger partial charge on any atom is -0.448 e. The van der Waals surface area contributed by atoms with E-state index in [1.54, 1.807) is 6.07 Å². The lowest BCUT2D eigenvalue weighted by atomic mass is 9.89. The Morgan fingerprint density at radius 1 is 1.22 bits per heavy atom. The number of hydrogen-bond donors (Lipinski definition) is 2. The maximum absolute atomic E-state index is 13.2. The number of piperidine rings is 1. The summed E-state index contributed by atoms with van der Waals surface area (Å²) in [5.41, 5.74) is 2.21. The van der Waals surface area contributed by atoms with E-state index in [4.69, 9.17) is 21.1 Å². The van der Waals surface area contributed by atoms with Crippen molar-refractivity contribution < 1.29 is 14.3 Å². The second-order valence-corrected chi connectivity index (χ2v) is 18.2. The SMILES string of the molecule is CSc1cc(C)[nH]c(=O)c1CNC(=O)c1cc(Cl)c2c(c1C)OC(C)(C1CCN(C[Si](C)(C)C)CC1)O2. The molecule has 202 valence electrons. The van der Waals surface area contributed by atoms with Crippen LogP contribution in [0.1, 0.15) is 46.9 Å². The van der Waals surface area contributed by atoms with Crippen molar-refractivity contribution in [3.05, 3.63) is 49.9 Å². The van der Waals surface area contributed by atoms with Gasteiger partial charge in [0.15, 0.2) is 11.5 Å². The van der Waals surface area contributed by atoms with Gasteiger partial charge in [0.05, 0.1) is 13.1 Å². The van der Waals surface area contributed by atoms with Crippen molar-refractivity contribution in [1.82, 2.24) is 15.2 Å². The van der Waals surface area contributed by atoms with Crippen LogP contribution in [0, 0.1) is 19.8 Å². The molecule has 1 saturated heterocycles. The fourth-order valence-electron chi connectivity index (χ4n) is 5.33. The third-order valence-corrected chi connectivity index (χ3v) is 9.68. The van der Waals surface area contributed by atoms with E-state index in [0.29, 0.717) is 33.2 Å². The number of H-pyrrole nitrogens is 1. The van der Waals surface area contributed by atoms with Gasteiger partial charge in [-0.2, -0.15) is 0 Å². The number of carbonyl (C=O) groups excluding carboxylic acids is 1. The lowest BCUT2D eigenvalue weighted by Gasteiger charge is -2.40. The first kappa shape index (κ1) is 28.1. The van der Waals surface area contributed by atoms with E-state index < -0.39 is 13.9 Å². The Bertz CT molecular complexity index is 1250. The molecule has 2 aliphatic heterocycles. The summed E-state index contributed by atoms with van der Waals surface area (Å²) in [5, 5.41) is 3.24. The van der Waals surface area contributed by atoms with Gasteiger partial charge in [-0.1, -0.05) is 31.2 Å². The lowest BCUT2D eigenvalue weighted by Crippen LogP contribution is -2.51. The van der Waals surface area contributed by atoms with Crippen LogP contribution in [0.5, 0.6) is 11.5 Å². The zero-order chi connectivity index (χ0) is 27.1. The molecule has 1 aromatic heterocycles. The van der Waals surface area contributed by atoms with Crippen LogP contribution in [-0.4, -0.2) is 55.2 Å². The summed E-state index contributed by atoms with van der Waals surface area (Å²) in [7, 11) is -1.15. The molecule has 2 aliphatic rings. The first-order valence-corrected chi connectivity index (χ1v) is 18.1. The minimum absolute atomic E-state index is 0.115. The number of fused-ring (bicyclic) bond motifs is 1. The molecule has 4 rings (SSSR count). The Balaban J connectivity index is 1.49. The number of hydrogen-bond acceptors (Lipinski definition) is 6. The molecule has 0 saturated carbocycles. The highest BCUT2D eigenvalue weighted by Gasteiger charge is 2.47. The smallest absolute Gasteiger partial charge is 0.254 e. The van der Waals surface area contributed by atoms with Crippen molar-refractivity contribution >= 4 is 37.3 Å². The summed E-state index contributed by atoms with van der Waals surface area (Å²) in [4.78, 5) is 31.9. The molecule has 3 heterocycles. The van der Waals surface area contributed by atoms with E-state index in [-0.39, 0.29) is 23.9 Å². The molecule has 1 unspecified atom stereocenters. The summed E-state index contributed by atoms with van der Waals surface area (Å²) in [6.07, 6.45) is 5.09. The predicted molar refractivity (Wildman–Crippen MR) is 153 cm³/mol. The number of nitrogens with one attached hydrogen (secondary N) is 2. The lowest BCUT2D eigenvalue weighted by molar-refractivity contribution is -0.124. The van der Waals surface area contributed by atoms with Crippen LogP contribution in [0.15, 0.2) is 21.8 Å². The molecular weight excluding hydrogens is 526 g/mol. The fraction of sp³-hybridized carbons (Fsp3) is 0.556. The number of rotatable bonds is 7. The van der Waals surface area contributed by atoms with E-state index in [1.165, 1.54) is 17.9 Å². The van der Waals surface area contributed by atoms with Gasteiger partial charge in [0.25, 0.3) is 17.3 Å². The van der Waals surface area contributed by atoms with Gasteiger partial charge in [-0.15, -0.1) is 11.8 Å². The molecule has 1 aromatic carbocycles. The largest absolute Gasteiger partial charge is 0.448 e. The molecule has 1 amide bonds. The van der Waals surface area contributed by atoms with Gasteiger partial charge >= 0.3 is 0 Å². The topological polar surface area (TPSA) is 83.7 Å². The van der Waals surface area contributed by atoms with Crippen molar-refractivity contribution in [2.24, 2.45) is 5.92 Å². The van der Waals surface area contributed by atoms with Gasteiger partial charge in [0.2, 0.25) is 0 Å². The Morgan fingerprint density at radius 2 is 1.86 bits per heavy atom. The number of amides is 1. The monoisotopic (exact) mass is 563 g/mol. The van der Waals surface area contributed by atoms with Gasteiger partial charge in [0.1, 0.15) is 0 Å². The van der Waals surface area contributed by atoms with Gasteiger partial charge in [-0.3, -0.25) is 9.59 Å². The molecule has 7 nitrogen and oxygen atoms in total. The van der Waals surface area contributed by atoms with E-state index in [2.05, 4.69) is 34.8 Å². The molecule has 1 atom stereocenters. The number of aromatic nitrogens is 1. The van der Waals surface area contributed by atoms with Crippen molar-refractivity contribution in [3.8, 4) is 11.5 Å². The number of thioether (sulfide) groups is 1. The third-order valence-electron chi connectivity index (χ3n) is 7.20. The van der Waals surface area contributed by atoms with Crippen molar-refractivity contribution in [2.45, 2.75) is 70.5 Å². The van der Waals surface area contributed by atoms with Gasteiger partial charge in [0, 0.05) is 46.7 Å². The Morgan fingerprint density at radius 3 is 2.49 bits per heavy atom. The number of aryl methyl sites for hydroxylation is 1. The van der Waals surface area contributed by atoms with Crippen LogP contribution in [0.4, 0.5) is 0 Å². The summed E-state index contributed by atoms with van der Waals surface area (Å²) in [6.45, 7) is 15.1. The van der Waals surface area contributed by atoms with E-state index in [1.807, 2.05) is 33.1 Å². The highest BCUT2D eigenvalue weighted by atomic mass is 35.5. The van der Waals surface area contributed by atoms with Crippen LogP contribution in [-0.2, 0) is 6.54 Å². The quantitative estimate of drug-likeness (QED) is 0.348. The van der Waals surface area contributed by atoms with Crippen LogP contribution >= 0.6 is 23.4 Å². The number of aromatic amines is 1. The molecule has 0 spiro atoms. The number of nitrogens with zero attached hydrogens (tertiary/aromatic N) is 1. The van der Waals surface area contributed by atoms with Crippen LogP contribution in [0.25, 0.3) is 0 Å². The second kappa shape index (κ2) is 10.7. The second-order valence-electron chi connectivity index (χ2n) is 11.5. The van der Waals surface area contributed by atoms with E-state index in [0.717, 1.165) is 36.5 Å². The summed E-state index contributed by atoms with van der Waals surface area (Å²) in [5.74, 6) is 0.124. The maximum atomic E-state index is 13.2. The Kier molecular flexibility index (Phi) is 8.10. The van der Waals surface area contributed by atoms with Crippen LogP contribution in [0.2, 0.25) is 24.7 Å². The fourth-order valence-corrected chi connectivity index (χ4v) is 7.93. The average Bonchev–Trinajstić information content (AvgIpc) is 3.19. The number of halogens is 1. The zero-order valence-corrected chi connectivity index (χ0v) is 25.4. The number of ether oxygens (including phenoxy) is 2. The van der Waals surface area contributed by atoms with Crippen LogP contribution in [0.3, 0.4) is 0 Å². The van der Waals surface area contributed by atoms with Crippen molar-refractivity contribution in [3.63, 3.8) is 0 Å². The molecule has 0 aliphatic carbocycles. The van der Waals surface area contributed by atoms with Crippen LogP contribution < -0.4 is 20.3 Å². The number of benzene rings is 1. The van der Waals surface area contributed by atoms with Crippen molar-refractivity contribution in [1.29, 1.82) is 0 Å². The summed E-state index contributed by atoms with van der Waals surface area (Å²) < 4.78 is 12.8. The Labute approximate surface area is 229 Å². The van der Waals surface area contributed by atoms with E-state index >= 15 is 0 Å². The molecule has 10 heteroatoms. The highest BCUT2D eigenvalue weighted by molar-refractivity contribution is 7.98. The first-order chi connectivity index (χ1) is 17.3. The standard InChI is InChI=1S/C27H38ClN3O4SSi/c1-16-12-22(36-4)20(26(33)30-16)14-29-25(32)19-13-21(28)24-23(17(19)2)34-27(3,35-24)18-8-10-31(11-9-18)15-37(5,6)7/h12-13,18H,8-11,14-15H2,1-7H3,(H,29,32)(H,30,33). The van der Waals surface area contributed by atoms with Gasteiger partial charge in [-0.25, -0.2) is 0 Å². The molecule has 0 bridgehead atoms. The molecule has 2 aromatic rings. The number of likely N-dealkylation sites (tertiary alicyclic amines) is 1. The van der Waals surface area contributed by atoms with Gasteiger partial charge in [-0.05, 0) is 64.3 Å². The first-order valence-electron chi connectivity index (χ1n) is 12.8. The average molecular weight is 564 g/mol. The highest BCUT2D eigenvalue weighted by Crippen LogP contribution is 2.51. The number of carbonyl (C=O) groups is 1. The molecule has 1 fully saturated rings. The zero-order valence-electron chi connectivity index (χ0n) is 22.8. The normalized spacial score (nSPS) is 20.3. The van der Waals surface area contributed by atoms with E-state index in [9.17, 15) is 9.59 Å². The summed E-state index contributed by atoms with van der Waals surface area (Å²) in [6, 6.07) is 3.54. The predicted octanol–water partition coefficient (Wildman–Crippen LogP) is 5.37. The molecule has 0 radical (unpaired) electrons. The summed E-state index contributed by atoms with van der Waals surface area (Å²) >= 11 is 8.09. The number of pyridine rings is 1. The molecule has 37 heavy (non-hydrogen) atoms. The third kappa shape index (κ3) is 6.05. The minimum atomic E-state index is -1.15. The molecule has 2 N–H and O–H groups in total. The van der Waals surface area contributed by atoms with Gasteiger partial charge < -0.3 is 24.7 Å². The Hall–Kier alpha value is -1.94. The van der Waals surface area contributed by atoms with Crippen molar-refractivity contribution in [2.75, 3.05) is 25.5 Å².